The Kier molecular flexibility index (Phi) is 5.73. The maximum absolute atomic E-state index is 12.4. The molecular weight excluding hydrogens is 378 g/mol. The van der Waals surface area contributed by atoms with Crippen LogP contribution in [-0.2, 0) is 16.6 Å². The van der Waals surface area contributed by atoms with Crippen LogP contribution in [0.5, 0.6) is 0 Å². The SMILES string of the molecule is O=C(O)c1ccc(CCN2C(=O)CC[C@@H]2/C=C/[C@@H](O)C2(c3ccccc3)CC2)cc1. The molecule has 156 valence electrons. The highest BCUT2D eigenvalue weighted by Crippen LogP contribution is 2.51. The van der Waals surface area contributed by atoms with Crippen LogP contribution in [-0.4, -0.2) is 45.7 Å². The van der Waals surface area contributed by atoms with E-state index >= 15 is 0 Å². The number of carbonyl (C=O) groups excluding carboxylic acids is 1. The van der Waals surface area contributed by atoms with Gasteiger partial charge in [-0.15, -0.1) is 0 Å². The van der Waals surface area contributed by atoms with Crippen molar-refractivity contribution in [2.75, 3.05) is 6.54 Å². The van der Waals surface area contributed by atoms with Gasteiger partial charge in [0.15, 0.2) is 0 Å². The van der Waals surface area contributed by atoms with Gasteiger partial charge in [-0.25, -0.2) is 4.79 Å². The van der Waals surface area contributed by atoms with Crippen molar-refractivity contribution in [1.29, 1.82) is 0 Å². The zero-order valence-corrected chi connectivity index (χ0v) is 16.9. The van der Waals surface area contributed by atoms with Gasteiger partial charge in [0.1, 0.15) is 0 Å². The molecule has 1 heterocycles. The number of hydrogen-bond donors (Lipinski definition) is 2. The van der Waals surface area contributed by atoms with E-state index in [0.29, 0.717) is 19.4 Å². The van der Waals surface area contributed by atoms with Crippen molar-refractivity contribution in [3.05, 3.63) is 83.4 Å². The first-order valence-corrected chi connectivity index (χ1v) is 10.5. The Hall–Kier alpha value is -2.92. The van der Waals surface area contributed by atoms with Crippen LogP contribution in [0.3, 0.4) is 0 Å². The zero-order chi connectivity index (χ0) is 21.1. The van der Waals surface area contributed by atoms with E-state index in [4.69, 9.17) is 5.11 Å². The number of carboxylic acid groups (broad SMARTS) is 1. The predicted molar refractivity (Wildman–Crippen MR) is 114 cm³/mol. The number of likely N-dealkylation sites (tertiary alicyclic amines) is 1. The largest absolute Gasteiger partial charge is 0.478 e. The molecule has 2 aliphatic rings. The van der Waals surface area contributed by atoms with Gasteiger partial charge in [-0.3, -0.25) is 4.79 Å². The van der Waals surface area contributed by atoms with E-state index in [0.717, 1.165) is 24.8 Å². The number of rotatable bonds is 8. The van der Waals surface area contributed by atoms with E-state index in [2.05, 4.69) is 12.1 Å². The van der Waals surface area contributed by atoms with E-state index in [1.54, 1.807) is 24.3 Å². The van der Waals surface area contributed by atoms with Crippen LogP contribution in [0.4, 0.5) is 0 Å². The fourth-order valence-electron chi connectivity index (χ4n) is 4.39. The summed E-state index contributed by atoms with van der Waals surface area (Å²) in [7, 11) is 0. The maximum atomic E-state index is 12.4. The Bertz CT molecular complexity index is 931. The third-order valence-electron chi connectivity index (χ3n) is 6.44. The van der Waals surface area contributed by atoms with Gasteiger partial charge in [0.25, 0.3) is 0 Å². The molecule has 1 aliphatic carbocycles. The minimum absolute atomic E-state index is 0.00276. The van der Waals surface area contributed by atoms with Crippen LogP contribution in [0.15, 0.2) is 66.7 Å². The Morgan fingerprint density at radius 1 is 1.13 bits per heavy atom. The second kappa shape index (κ2) is 8.44. The Balaban J connectivity index is 1.38. The minimum Gasteiger partial charge on any atom is -0.478 e. The van der Waals surface area contributed by atoms with E-state index in [9.17, 15) is 14.7 Å². The van der Waals surface area contributed by atoms with Crippen molar-refractivity contribution < 1.29 is 19.8 Å². The van der Waals surface area contributed by atoms with E-state index in [1.165, 1.54) is 5.56 Å². The number of nitrogens with zero attached hydrogens (tertiary/aromatic N) is 1. The van der Waals surface area contributed by atoms with Gasteiger partial charge in [0.2, 0.25) is 5.91 Å². The summed E-state index contributed by atoms with van der Waals surface area (Å²) >= 11 is 0. The summed E-state index contributed by atoms with van der Waals surface area (Å²) in [4.78, 5) is 25.2. The molecule has 5 heteroatoms. The summed E-state index contributed by atoms with van der Waals surface area (Å²) in [6.07, 6.45) is 7.22. The number of aliphatic hydroxyl groups is 1. The molecule has 2 aromatic rings. The third kappa shape index (κ3) is 4.17. The van der Waals surface area contributed by atoms with Gasteiger partial charge in [0, 0.05) is 18.4 Å². The first-order valence-electron chi connectivity index (χ1n) is 10.5. The van der Waals surface area contributed by atoms with Crippen LogP contribution in [0.1, 0.15) is 47.2 Å². The van der Waals surface area contributed by atoms with Gasteiger partial charge < -0.3 is 15.1 Å². The van der Waals surface area contributed by atoms with Crippen molar-refractivity contribution in [3.8, 4) is 0 Å². The topological polar surface area (TPSA) is 77.8 Å². The number of carbonyl (C=O) groups is 2. The van der Waals surface area contributed by atoms with Crippen LogP contribution < -0.4 is 0 Å². The molecule has 1 amide bonds. The highest BCUT2D eigenvalue weighted by atomic mass is 16.4. The van der Waals surface area contributed by atoms with Crippen LogP contribution in [0, 0.1) is 0 Å². The van der Waals surface area contributed by atoms with Crippen LogP contribution >= 0.6 is 0 Å². The molecule has 0 radical (unpaired) electrons. The highest BCUT2D eigenvalue weighted by molar-refractivity contribution is 5.87. The molecule has 5 nitrogen and oxygen atoms in total. The lowest BCUT2D eigenvalue weighted by molar-refractivity contribution is -0.128. The number of aliphatic hydroxyl groups excluding tert-OH is 1. The van der Waals surface area contributed by atoms with Gasteiger partial charge in [-0.2, -0.15) is 0 Å². The molecule has 2 fully saturated rings. The summed E-state index contributed by atoms with van der Waals surface area (Å²) in [5.41, 5.74) is 2.25. The molecule has 0 bridgehead atoms. The Morgan fingerprint density at radius 2 is 1.83 bits per heavy atom. The summed E-state index contributed by atoms with van der Waals surface area (Å²) in [5, 5.41) is 19.9. The average Bonchev–Trinajstić information content (AvgIpc) is 3.51. The molecular formula is C25H27NO4. The number of hydrogen-bond acceptors (Lipinski definition) is 3. The summed E-state index contributed by atoms with van der Waals surface area (Å²) in [6.45, 7) is 0.584. The number of carboxylic acids is 1. The molecule has 30 heavy (non-hydrogen) atoms. The summed E-state index contributed by atoms with van der Waals surface area (Å²) in [6, 6.07) is 16.9. The first-order chi connectivity index (χ1) is 14.5. The lowest BCUT2D eigenvalue weighted by Gasteiger charge is -2.24. The van der Waals surface area contributed by atoms with E-state index in [-0.39, 0.29) is 22.9 Å². The molecule has 1 aliphatic heterocycles. The molecule has 2 atom stereocenters. The quantitative estimate of drug-likeness (QED) is 0.658. The molecule has 4 rings (SSSR count). The van der Waals surface area contributed by atoms with Gasteiger partial charge in [-0.1, -0.05) is 54.6 Å². The average molecular weight is 405 g/mol. The Morgan fingerprint density at radius 3 is 2.47 bits per heavy atom. The number of benzene rings is 2. The van der Waals surface area contributed by atoms with Gasteiger partial charge in [-0.05, 0) is 48.9 Å². The van der Waals surface area contributed by atoms with Crippen molar-refractivity contribution in [2.24, 2.45) is 0 Å². The normalized spacial score (nSPS) is 21.2. The van der Waals surface area contributed by atoms with Gasteiger partial charge >= 0.3 is 5.97 Å². The first kappa shape index (κ1) is 20.4. The van der Waals surface area contributed by atoms with Crippen LogP contribution in [0.25, 0.3) is 0 Å². The standard InChI is InChI=1S/C25H27NO4/c27-22(25(15-16-25)20-4-2-1-3-5-20)12-10-21-11-13-23(28)26(21)17-14-18-6-8-19(9-7-18)24(29)30/h1-10,12,21-22,27H,11,13-17H2,(H,29,30)/b12-10+/t21-,22+/m0/s1. The van der Waals surface area contributed by atoms with Gasteiger partial charge in [0.05, 0.1) is 17.7 Å². The highest BCUT2D eigenvalue weighted by Gasteiger charge is 2.49. The second-order valence-corrected chi connectivity index (χ2v) is 8.30. The van der Waals surface area contributed by atoms with Crippen molar-refractivity contribution in [2.45, 2.75) is 49.7 Å². The molecule has 2 aromatic carbocycles. The van der Waals surface area contributed by atoms with Crippen molar-refractivity contribution >= 4 is 11.9 Å². The van der Waals surface area contributed by atoms with E-state index < -0.39 is 12.1 Å². The van der Waals surface area contributed by atoms with Crippen molar-refractivity contribution in [3.63, 3.8) is 0 Å². The summed E-state index contributed by atoms with van der Waals surface area (Å²) < 4.78 is 0. The molecule has 0 unspecified atom stereocenters. The number of amides is 1. The smallest absolute Gasteiger partial charge is 0.335 e. The third-order valence-corrected chi connectivity index (χ3v) is 6.44. The lowest BCUT2D eigenvalue weighted by Crippen LogP contribution is -2.34. The maximum Gasteiger partial charge on any atom is 0.335 e. The molecule has 1 saturated carbocycles. The van der Waals surface area contributed by atoms with E-state index in [1.807, 2.05) is 35.3 Å². The monoisotopic (exact) mass is 405 g/mol. The minimum atomic E-state index is -0.941. The molecule has 2 N–H and O–H groups in total. The molecule has 0 spiro atoms. The predicted octanol–water partition coefficient (Wildman–Crippen LogP) is 3.57. The Labute approximate surface area is 176 Å². The zero-order valence-electron chi connectivity index (χ0n) is 16.9. The lowest BCUT2D eigenvalue weighted by atomic mass is 9.89. The number of aromatic carboxylic acids is 1. The fraction of sp³-hybridized carbons (Fsp3) is 0.360. The molecule has 1 saturated heterocycles. The second-order valence-electron chi connectivity index (χ2n) is 8.30. The molecule has 0 aromatic heterocycles. The fourth-order valence-corrected chi connectivity index (χ4v) is 4.39. The summed E-state index contributed by atoms with van der Waals surface area (Å²) in [5.74, 6) is -0.811. The van der Waals surface area contributed by atoms with Crippen LogP contribution in [0.2, 0.25) is 0 Å². The van der Waals surface area contributed by atoms with Crippen molar-refractivity contribution in [1.82, 2.24) is 4.90 Å².